The molecule has 0 spiro atoms. The molecule has 0 bridgehead atoms. The zero-order chi connectivity index (χ0) is 24.3. The van der Waals surface area contributed by atoms with E-state index in [4.69, 9.17) is 9.47 Å². The summed E-state index contributed by atoms with van der Waals surface area (Å²) in [4.78, 5) is 37.9. The summed E-state index contributed by atoms with van der Waals surface area (Å²) in [6.07, 6.45) is -0.297. The fourth-order valence-electron chi connectivity index (χ4n) is 4.65. The lowest BCUT2D eigenvalue weighted by atomic mass is 9.98. The third-order valence-electron chi connectivity index (χ3n) is 6.76. The average molecular weight is 467 g/mol. The Morgan fingerprint density at radius 3 is 2.21 bits per heavy atom. The Bertz CT molecular complexity index is 1030. The maximum atomic E-state index is 12.6. The van der Waals surface area contributed by atoms with Gasteiger partial charge >= 0.3 is 12.1 Å². The lowest BCUT2D eigenvalue weighted by Crippen LogP contribution is -2.46. The Hall–Kier alpha value is -3.39. The Balaban J connectivity index is 1.31. The largest absolute Gasteiger partial charge is 0.479 e. The summed E-state index contributed by atoms with van der Waals surface area (Å²) < 4.78 is 11.2. The zero-order valence-corrected chi connectivity index (χ0v) is 19.5. The van der Waals surface area contributed by atoms with Crippen LogP contribution in [0.2, 0.25) is 0 Å². The van der Waals surface area contributed by atoms with Crippen molar-refractivity contribution in [2.45, 2.75) is 43.7 Å². The summed E-state index contributed by atoms with van der Waals surface area (Å²) in [5, 5.41) is 12.1. The second kappa shape index (κ2) is 9.85. The van der Waals surface area contributed by atoms with Crippen LogP contribution in [-0.4, -0.2) is 66.4 Å². The lowest BCUT2D eigenvalue weighted by Gasteiger charge is -2.26. The number of hydrogen-bond donors (Lipinski definition) is 2. The van der Waals surface area contributed by atoms with Crippen molar-refractivity contribution in [1.82, 2.24) is 10.2 Å². The number of hydrogen-bond acceptors (Lipinski definition) is 5. The van der Waals surface area contributed by atoms with Gasteiger partial charge in [-0.25, -0.2) is 9.59 Å². The third-order valence-corrected chi connectivity index (χ3v) is 6.76. The fourth-order valence-corrected chi connectivity index (χ4v) is 4.65. The van der Waals surface area contributed by atoms with E-state index in [9.17, 15) is 19.5 Å². The highest BCUT2D eigenvalue weighted by molar-refractivity contribution is 5.89. The Morgan fingerprint density at radius 1 is 1.09 bits per heavy atom. The number of rotatable bonds is 10. The van der Waals surface area contributed by atoms with E-state index in [0.29, 0.717) is 19.4 Å². The maximum absolute atomic E-state index is 12.6. The van der Waals surface area contributed by atoms with Crippen molar-refractivity contribution in [3.63, 3.8) is 0 Å². The van der Waals surface area contributed by atoms with E-state index in [1.54, 1.807) is 6.92 Å². The predicted octanol–water partition coefficient (Wildman–Crippen LogP) is 3.40. The standard InChI is InChI=1S/C26H30N2O6/c1-3-33-17(14-23(29)28(2)26(12-13-26)24(30)31)15-27-25(32)34-16-22-20-10-6-4-8-18(20)19-9-5-7-11-21(19)22/h4-11,17,22H,3,12-16H2,1-2H3,(H,27,32)(H,30,31). The molecule has 2 aliphatic rings. The van der Waals surface area contributed by atoms with Gasteiger partial charge in [0, 0.05) is 26.1 Å². The number of carboxylic acid groups (broad SMARTS) is 1. The van der Waals surface area contributed by atoms with E-state index < -0.39 is 23.7 Å². The van der Waals surface area contributed by atoms with Gasteiger partial charge in [0.25, 0.3) is 0 Å². The molecule has 8 heteroatoms. The highest BCUT2D eigenvalue weighted by atomic mass is 16.5. The van der Waals surface area contributed by atoms with E-state index in [1.807, 2.05) is 24.3 Å². The van der Waals surface area contributed by atoms with E-state index in [1.165, 1.54) is 11.9 Å². The van der Waals surface area contributed by atoms with Crippen LogP contribution >= 0.6 is 0 Å². The summed E-state index contributed by atoms with van der Waals surface area (Å²) >= 11 is 0. The molecule has 1 atom stereocenters. The number of fused-ring (bicyclic) bond motifs is 3. The highest BCUT2D eigenvalue weighted by Crippen LogP contribution is 2.44. The molecule has 2 amide bonds. The van der Waals surface area contributed by atoms with Crippen LogP contribution in [0.25, 0.3) is 11.1 Å². The molecule has 0 aliphatic heterocycles. The molecule has 8 nitrogen and oxygen atoms in total. The van der Waals surface area contributed by atoms with Crippen LogP contribution in [0.1, 0.15) is 43.2 Å². The van der Waals surface area contributed by atoms with Gasteiger partial charge in [-0.15, -0.1) is 0 Å². The summed E-state index contributed by atoms with van der Waals surface area (Å²) in [5.41, 5.74) is 3.46. The van der Waals surface area contributed by atoms with Gasteiger partial charge in [-0.05, 0) is 42.0 Å². The molecule has 1 fully saturated rings. The first kappa shape index (κ1) is 23.8. The van der Waals surface area contributed by atoms with Crippen molar-refractivity contribution in [3.8, 4) is 11.1 Å². The van der Waals surface area contributed by atoms with Crippen LogP contribution in [0.3, 0.4) is 0 Å². The number of nitrogens with one attached hydrogen (secondary N) is 1. The summed E-state index contributed by atoms with van der Waals surface area (Å²) in [6.45, 7) is 2.44. The number of benzene rings is 2. The lowest BCUT2D eigenvalue weighted by molar-refractivity contribution is -0.152. The number of carbonyl (C=O) groups excluding carboxylic acids is 2. The van der Waals surface area contributed by atoms with Gasteiger partial charge < -0.3 is 24.8 Å². The normalized spacial score (nSPS) is 16.2. The van der Waals surface area contributed by atoms with Crippen molar-refractivity contribution in [3.05, 3.63) is 59.7 Å². The quantitative estimate of drug-likeness (QED) is 0.556. The monoisotopic (exact) mass is 466 g/mol. The van der Waals surface area contributed by atoms with Crippen molar-refractivity contribution in [2.75, 3.05) is 26.8 Å². The van der Waals surface area contributed by atoms with Crippen molar-refractivity contribution in [1.29, 1.82) is 0 Å². The SMILES string of the molecule is CCOC(CNC(=O)OCC1c2ccccc2-c2ccccc21)CC(=O)N(C)C1(C(=O)O)CC1. The molecule has 0 aromatic heterocycles. The Morgan fingerprint density at radius 2 is 1.68 bits per heavy atom. The smallest absolute Gasteiger partial charge is 0.407 e. The number of likely N-dealkylation sites (N-methyl/N-ethyl adjacent to an activating group) is 1. The molecular formula is C26H30N2O6. The molecule has 4 rings (SSSR count). The topological polar surface area (TPSA) is 105 Å². The Kier molecular flexibility index (Phi) is 6.88. The molecule has 2 N–H and O–H groups in total. The molecule has 34 heavy (non-hydrogen) atoms. The molecule has 180 valence electrons. The van der Waals surface area contributed by atoms with Crippen LogP contribution in [0, 0.1) is 0 Å². The molecule has 0 heterocycles. The van der Waals surface area contributed by atoms with E-state index in [-0.39, 0.29) is 31.4 Å². The molecule has 1 unspecified atom stereocenters. The first-order valence-electron chi connectivity index (χ1n) is 11.6. The van der Waals surface area contributed by atoms with Crippen LogP contribution in [0.5, 0.6) is 0 Å². The second-order valence-corrected chi connectivity index (χ2v) is 8.78. The number of carboxylic acids is 1. The molecular weight excluding hydrogens is 436 g/mol. The van der Waals surface area contributed by atoms with Gasteiger partial charge in [-0.3, -0.25) is 4.79 Å². The number of amides is 2. The van der Waals surface area contributed by atoms with E-state index in [2.05, 4.69) is 29.6 Å². The van der Waals surface area contributed by atoms with Crippen LogP contribution < -0.4 is 5.32 Å². The van der Waals surface area contributed by atoms with Crippen molar-refractivity contribution in [2.24, 2.45) is 0 Å². The number of nitrogens with zero attached hydrogens (tertiary/aromatic N) is 1. The van der Waals surface area contributed by atoms with Crippen LogP contribution in [0.15, 0.2) is 48.5 Å². The van der Waals surface area contributed by atoms with Gasteiger partial charge in [0.15, 0.2) is 0 Å². The molecule has 2 aromatic rings. The van der Waals surface area contributed by atoms with Crippen molar-refractivity contribution >= 4 is 18.0 Å². The zero-order valence-electron chi connectivity index (χ0n) is 19.5. The van der Waals surface area contributed by atoms with Gasteiger partial charge in [0.05, 0.1) is 12.5 Å². The molecule has 2 aliphatic carbocycles. The van der Waals surface area contributed by atoms with Crippen LogP contribution in [0.4, 0.5) is 4.79 Å². The molecule has 1 saturated carbocycles. The minimum absolute atomic E-state index is 0.0248. The first-order valence-corrected chi connectivity index (χ1v) is 11.6. The summed E-state index contributed by atoms with van der Waals surface area (Å²) in [6, 6.07) is 16.2. The number of carbonyl (C=O) groups is 3. The first-order chi connectivity index (χ1) is 16.4. The number of ether oxygens (including phenoxy) is 2. The third kappa shape index (κ3) is 4.63. The van der Waals surface area contributed by atoms with E-state index >= 15 is 0 Å². The van der Waals surface area contributed by atoms with Gasteiger partial charge in [0.1, 0.15) is 12.1 Å². The van der Waals surface area contributed by atoms with E-state index in [0.717, 1.165) is 22.3 Å². The van der Waals surface area contributed by atoms with Crippen molar-refractivity contribution < 1.29 is 29.0 Å². The predicted molar refractivity (Wildman–Crippen MR) is 125 cm³/mol. The average Bonchev–Trinajstić information content (AvgIpc) is 3.59. The highest BCUT2D eigenvalue weighted by Gasteiger charge is 2.55. The van der Waals surface area contributed by atoms with Gasteiger partial charge in [0.2, 0.25) is 5.91 Å². The molecule has 0 saturated heterocycles. The summed E-state index contributed by atoms with van der Waals surface area (Å²) in [5.74, 6) is -1.36. The second-order valence-electron chi connectivity index (χ2n) is 8.78. The maximum Gasteiger partial charge on any atom is 0.407 e. The minimum Gasteiger partial charge on any atom is -0.479 e. The molecule has 0 radical (unpaired) electrons. The molecule has 2 aromatic carbocycles. The summed E-state index contributed by atoms with van der Waals surface area (Å²) in [7, 11) is 1.51. The Labute approximate surface area is 198 Å². The fraction of sp³-hybridized carbons (Fsp3) is 0.423. The minimum atomic E-state index is -1.10. The van der Waals surface area contributed by atoms with Gasteiger partial charge in [-0.2, -0.15) is 0 Å². The van der Waals surface area contributed by atoms with Crippen LogP contribution in [-0.2, 0) is 19.1 Å². The number of alkyl carbamates (subject to hydrolysis) is 1. The number of aliphatic carboxylic acids is 1. The van der Waals surface area contributed by atoms with Gasteiger partial charge in [-0.1, -0.05) is 48.5 Å².